The standard InChI is InChI=1S/C14H15ClO3/c1-17-9-8-10-2-4-11(5-3-10)14(16)12-6-7-13(15)18-12/h2-7,14,16H,8-9H2,1H3. The van der Waals surface area contributed by atoms with Gasteiger partial charge in [0.2, 0.25) is 0 Å². The molecule has 1 aromatic heterocycles. The Morgan fingerprint density at radius 1 is 1.22 bits per heavy atom. The number of aliphatic hydroxyl groups excluding tert-OH is 1. The van der Waals surface area contributed by atoms with Gasteiger partial charge in [0.15, 0.2) is 5.22 Å². The van der Waals surface area contributed by atoms with Crippen molar-refractivity contribution in [2.24, 2.45) is 0 Å². The molecule has 0 bridgehead atoms. The van der Waals surface area contributed by atoms with Crippen LogP contribution < -0.4 is 0 Å². The largest absolute Gasteiger partial charge is 0.447 e. The van der Waals surface area contributed by atoms with Crippen molar-refractivity contribution in [3.63, 3.8) is 0 Å². The fourth-order valence-electron chi connectivity index (χ4n) is 1.73. The highest BCUT2D eigenvalue weighted by Gasteiger charge is 2.14. The van der Waals surface area contributed by atoms with Crippen molar-refractivity contribution < 1.29 is 14.3 Å². The zero-order valence-corrected chi connectivity index (χ0v) is 10.9. The van der Waals surface area contributed by atoms with Crippen LogP contribution in [0.3, 0.4) is 0 Å². The van der Waals surface area contributed by atoms with E-state index in [1.165, 1.54) is 5.56 Å². The number of aliphatic hydroxyl groups is 1. The van der Waals surface area contributed by atoms with Crippen LogP contribution in [0.2, 0.25) is 5.22 Å². The zero-order chi connectivity index (χ0) is 13.0. The van der Waals surface area contributed by atoms with Gasteiger partial charge in [-0.3, -0.25) is 0 Å². The second-order valence-electron chi connectivity index (χ2n) is 4.03. The van der Waals surface area contributed by atoms with Gasteiger partial charge >= 0.3 is 0 Å². The minimum absolute atomic E-state index is 0.278. The maximum absolute atomic E-state index is 10.1. The molecule has 1 unspecified atom stereocenters. The van der Waals surface area contributed by atoms with Crippen LogP contribution in [0.4, 0.5) is 0 Å². The highest BCUT2D eigenvalue weighted by Crippen LogP contribution is 2.25. The van der Waals surface area contributed by atoms with Crippen molar-refractivity contribution in [1.29, 1.82) is 0 Å². The third-order valence-electron chi connectivity index (χ3n) is 2.75. The van der Waals surface area contributed by atoms with Crippen molar-refractivity contribution in [3.05, 3.63) is 58.5 Å². The Labute approximate surface area is 111 Å². The summed E-state index contributed by atoms with van der Waals surface area (Å²) < 4.78 is 10.2. The second kappa shape index (κ2) is 6.05. The van der Waals surface area contributed by atoms with Gasteiger partial charge in [-0.15, -0.1) is 0 Å². The summed E-state index contributed by atoms with van der Waals surface area (Å²) in [6.45, 7) is 0.690. The van der Waals surface area contributed by atoms with Crippen molar-refractivity contribution >= 4 is 11.6 Å². The topological polar surface area (TPSA) is 42.6 Å². The van der Waals surface area contributed by atoms with E-state index in [0.29, 0.717) is 12.4 Å². The number of benzene rings is 1. The summed E-state index contributed by atoms with van der Waals surface area (Å²) in [6.07, 6.45) is 0.0772. The predicted molar refractivity (Wildman–Crippen MR) is 69.8 cm³/mol. The Hall–Kier alpha value is -1.29. The smallest absolute Gasteiger partial charge is 0.193 e. The summed E-state index contributed by atoms with van der Waals surface area (Å²) in [7, 11) is 1.68. The molecule has 0 spiro atoms. The Kier molecular flexibility index (Phi) is 4.42. The summed E-state index contributed by atoms with van der Waals surface area (Å²) in [4.78, 5) is 0. The molecule has 0 aliphatic heterocycles. The molecule has 0 amide bonds. The molecule has 1 N–H and O–H groups in total. The molecule has 0 radical (unpaired) electrons. The second-order valence-corrected chi connectivity index (χ2v) is 4.40. The summed E-state index contributed by atoms with van der Waals surface area (Å²) in [5, 5.41) is 10.4. The molecule has 1 atom stereocenters. The number of rotatable bonds is 5. The molecule has 3 nitrogen and oxygen atoms in total. The van der Waals surface area contributed by atoms with Crippen LogP contribution in [-0.4, -0.2) is 18.8 Å². The van der Waals surface area contributed by atoms with Crippen LogP contribution in [0.5, 0.6) is 0 Å². The van der Waals surface area contributed by atoms with E-state index in [1.54, 1.807) is 19.2 Å². The molecular formula is C14H15ClO3. The minimum Gasteiger partial charge on any atom is -0.447 e. The highest BCUT2D eigenvalue weighted by atomic mass is 35.5. The zero-order valence-electron chi connectivity index (χ0n) is 10.1. The number of ether oxygens (including phenoxy) is 1. The fourth-order valence-corrected chi connectivity index (χ4v) is 1.88. The van der Waals surface area contributed by atoms with E-state index in [-0.39, 0.29) is 5.22 Å². The van der Waals surface area contributed by atoms with Crippen LogP contribution in [-0.2, 0) is 11.2 Å². The molecule has 0 aliphatic rings. The first kappa shape index (κ1) is 13.1. The van der Waals surface area contributed by atoms with Crippen LogP contribution in [0.25, 0.3) is 0 Å². The first-order valence-corrected chi connectivity index (χ1v) is 6.09. The quantitative estimate of drug-likeness (QED) is 0.904. The van der Waals surface area contributed by atoms with E-state index in [9.17, 15) is 5.11 Å². The van der Waals surface area contributed by atoms with Crippen LogP contribution >= 0.6 is 11.6 Å². The van der Waals surface area contributed by atoms with E-state index < -0.39 is 6.10 Å². The third kappa shape index (κ3) is 3.13. The van der Waals surface area contributed by atoms with Crippen LogP contribution in [0.15, 0.2) is 40.8 Å². The molecule has 0 saturated heterocycles. The number of halogens is 1. The van der Waals surface area contributed by atoms with Crippen molar-refractivity contribution in [2.45, 2.75) is 12.5 Å². The predicted octanol–water partition coefficient (Wildman–Crippen LogP) is 3.20. The third-order valence-corrected chi connectivity index (χ3v) is 2.96. The van der Waals surface area contributed by atoms with E-state index >= 15 is 0 Å². The number of hydrogen-bond acceptors (Lipinski definition) is 3. The molecule has 18 heavy (non-hydrogen) atoms. The molecule has 2 aromatic rings. The van der Waals surface area contributed by atoms with Gasteiger partial charge in [-0.25, -0.2) is 0 Å². The monoisotopic (exact) mass is 266 g/mol. The fraction of sp³-hybridized carbons (Fsp3) is 0.286. The number of hydrogen-bond donors (Lipinski definition) is 1. The molecule has 0 fully saturated rings. The van der Waals surface area contributed by atoms with Gasteiger partial charge in [0.25, 0.3) is 0 Å². The maximum atomic E-state index is 10.1. The van der Waals surface area contributed by atoms with E-state index in [1.807, 2.05) is 24.3 Å². The van der Waals surface area contributed by atoms with Gasteiger partial charge in [0.1, 0.15) is 11.9 Å². The Bertz CT molecular complexity index is 490. The maximum Gasteiger partial charge on any atom is 0.193 e. The molecule has 1 heterocycles. The highest BCUT2D eigenvalue weighted by molar-refractivity contribution is 6.28. The lowest BCUT2D eigenvalue weighted by Gasteiger charge is -2.09. The first-order chi connectivity index (χ1) is 8.70. The summed E-state index contributed by atoms with van der Waals surface area (Å²) in [6, 6.07) is 11.0. The van der Waals surface area contributed by atoms with Crippen molar-refractivity contribution in [2.75, 3.05) is 13.7 Å². The van der Waals surface area contributed by atoms with Gasteiger partial charge in [-0.1, -0.05) is 24.3 Å². The van der Waals surface area contributed by atoms with Crippen molar-refractivity contribution in [3.8, 4) is 0 Å². The molecule has 96 valence electrons. The van der Waals surface area contributed by atoms with Gasteiger partial charge in [-0.05, 0) is 41.3 Å². The molecule has 2 rings (SSSR count). The van der Waals surface area contributed by atoms with Crippen LogP contribution in [0.1, 0.15) is 23.0 Å². The molecule has 0 saturated carbocycles. The lowest BCUT2D eigenvalue weighted by molar-refractivity contribution is 0.189. The first-order valence-electron chi connectivity index (χ1n) is 5.72. The normalized spacial score (nSPS) is 12.6. The molecule has 0 aliphatic carbocycles. The van der Waals surface area contributed by atoms with E-state index in [2.05, 4.69) is 0 Å². The molecular weight excluding hydrogens is 252 g/mol. The number of furan rings is 1. The number of methoxy groups -OCH3 is 1. The van der Waals surface area contributed by atoms with Gasteiger partial charge < -0.3 is 14.3 Å². The average Bonchev–Trinajstić information content (AvgIpc) is 2.83. The molecule has 4 heteroatoms. The minimum atomic E-state index is -0.783. The summed E-state index contributed by atoms with van der Waals surface area (Å²) in [5.74, 6) is 0.449. The van der Waals surface area contributed by atoms with Gasteiger partial charge in [-0.2, -0.15) is 0 Å². The van der Waals surface area contributed by atoms with Gasteiger partial charge in [0, 0.05) is 7.11 Å². The Morgan fingerprint density at radius 3 is 2.50 bits per heavy atom. The summed E-state index contributed by atoms with van der Waals surface area (Å²) in [5.41, 5.74) is 1.95. The van der Waals surface area contributed by atoms with Crippen LogP contribution in [0, 0.1) is 0 Å². The van der Waals surface area contributed by atoms with E-state index in [4.69, 9.17) is 20.8 Å². The Balaban J connectivity index is 2.09. The van der Waals surface area contributed by atoms with Crippen molar-refractivity contribution in [1.82, 2.24) is 0 Å². The van der Waals surface area contributed by atoms with Gasteiger partial charge in [0.05, 0.1) is 6.61 Å². The average molecular weight is 267 g/mol. The molecule has 1 aromatic carbocycles. The lowest BCUT2D eigenvalue weighted by Crippen LogP contribution is -1.99. The Morgan fingerprint density at radius 2 is 1.94 bits per heavy atom. The lowest BCUT2D eigenvalue weighted by atomic mass is 10.0. The van der Waals surface area contributed by atoms with E-state index in [0.717, 1.165) is 12.0 Å². The SMILES string of the molecule is COCCc1ccc(C(O)c2ccc(Cl)o2)cc1. The summed E-state index contributed by atoms with van der Waals surface area (Å²) >= 11 is 5.68.